The Balaban J connectivity index is 1.41. The van der Waals surface area contributed by atoms with E-state index in [-0.39, 0.29) is 17.7 Å². The topological polar surface area (TPSA) is 66.5 Å². The van der Waals surface area contributed by atoms with Crippen LogP contribution >= 0.6 is 23.3 Å². The first-order valence-corrected chi connectivity index (χ1v) is 14.3. The Morgan fingerprint density at radius 2 is 1.84 bits per heavy atom. The smallest absolute Gasteiger partial charge is 0.414 e. The molecule has 1 unspecified atom stereocenters. The minimum absolute atomic E-state index is 0.0841. The van der Waals surface area contributed by atoms with Crippen LogP contribution in [-0.2, 0) is 11.2 Å². The lowest BCUT2D eigenvalue weighted by Gasteiger charge is -2.22. The van der Waals surface area contributed by atoms with Gasteiger partial charge in [-0.2, -0.15) is 0 Å². The number of ether oxygens (including phenoxy) is 1. The predicted octanol–water partition coefficient (Wildman–Crippen LogP) is 7.48. The summed E-state index contributed by atoms with van der Waals surface area (Å²) in [6.07, 6.45) is 2.16. The van der Waals surface area contributed by atoms with Crippen molar-refractivity contribution >= 4 is 40.8 Å². The minimum atomic E-state index is -0.302. The largest absolute Gasteiger partial charge is 0.444 e. The molecule has 38 heavy (non-hydrogen) atoms. The van der Waals surface area contributed by atoms with Crippen molar-refractivity contribution in [2.75, 3.05) is 23.8 Å². The van der Waals surface area contributed by atoms with Crippen LogP contribution in [0.1, 0.15) is 26.3 Å². The minimum Gasteiger partial charge on any atom is -0.444 e. The lowest BCUT2D eigenvalue weighted by atomic mass is 10.1. The van der Waals surface area contributed by atoms with Crippen LogP contribution in [0.2, 0.25) is 0 Å². The molecule has 196 valence electrons. The Morgan fingerprint density at radius 1 is 1.08 bits per heavy atom. The average molecular weight is 545 g/mol. The van der Waals surface area contributed by atoms with E-state index in [2.05, 4.69) is 79.3 Å². The fourth-order valence-electron chi connectivity index (χ4n) is 4.20. The van der Waals surface area contributed by atoms with Crippen molar-refractivity contribution in [1.29, 1.82) is 0 Å². The summed E-state index contributed by atoms with van der Waals surface area (Å²) in [6.45, 7) is 6.93. The highest BCUT2D eigenvalue weighted by molar-refractivity contribution is 7.97. The number of carbonyl (C=O) groups is 1. The van der Waals surface area contributed by atoms with E-state index in [1.807, 2.05) is 37.5 Å². The number of nitrogens with zero attached hydrogens (tertiary/aromatic N) is 2. The van der Waals surface area contributed by atoms with Crippen LogP contribution in [0.15, 0.2) is 83.9 Å². The van der Waals surface area contributed by atoms with E-state index in [9.17, 15) is 4.79 Å². The molecule has 0 aliphatic carbocycles. The first-order chi connectivity index (χ1) is 18.3. The Morgan fingerprint density at radius 3 is 2.55 bits per heavy atom. The molecule has 0 bridgehead atoms. The van der Waals surface area contributed by atoms with Gasteiger partial charge >= 0.3 is 6.09 Å². The van der Waals surface area contributed by atoms with Crippen molar-refractivity contribution in [1.82, 2.24) is 9.71 Å². The van der Waals surface area contributed by atoms with Crippen LogP contribution in [0.5, 0.6) is 0 Å². The third-order valence-corrected chi connectivity index (χ3v) is 8.47. The van der Waals surface area contributed by atoms with Crippen LogP contribution < -0.4 is 14.9 Å². The van der Waals surface area contributed by atoms with Crippen molar-refractivity contribution in [3.05, 3.63) is 84.6 Å². The number of thiazole rings is 1. The van der Waals surface area contributed by atoms with E-state index >= 15 is 0 Å². The van der Waals surface area contributed by atoms with Gasteiger partial charge in [-0.05, 0) is 74.7 Å². The van der Waals surface area contributed by atoms with Gasteiger partial charge in [0, 0.05) is 52.6 Å². The van der Waals surface area contributed by atoms with E-state index in [4.69, 9.17) is 9.72 Å². The van der Waals surface area contributed by atoms with Gasteiger partial charge in [-0.15, -0.1) is 11.3 Å². The monoisotopic (exact) mass is 544 g/mol. The molecule has 3 aromatic carbocycles. The van der Waals surface area contributed by atoms with Crippen LogP contribution in [0.25, 0.3) is 21.0 Å². The summed E-state index contributed by atoms with van der Waals surface area (Å²) in [5.74, 6) is 0. The number of hydrogen-bond acceptors (Lipinski definition) is 7. The maximum Gasteiger partial charge on any atom is 0.414 e. The zero-order valence-electron chi connectivity index (χ0n) is 22.0. The van der Waals surface area contributed by atoms with Gasteiger partial charge in [0.15, 0.2) is 0 Å². The molecule has 0 saturated carbocycles. The third kappa shape index (κ3) is 6.20. The van der Waals surface area contributed by atoms with Crippen molar-refractivity contribution in [3.63, 3.8) is 0 Å². The summed E-state index contributed by atoms with van der Waals surface area (Å²) in [7, 11) is 1.91. The Labute approximate surface area is 232 Å². The van der Waals surface area contributed by atoms with Gasteiger partial charge in [-0.1, -0.05) is 36.4 Å². The molecule has 4 aromatic rings. The fourth-order valence-corrected chi connectivity index (χ4v) is 6.11. The molecule has 2 heterocycles. The quantitative estimate of drug-likeness (QED) is 0.224. The first-order valence-electron chi connectivity index (χ1n) is 12.6. The average Bonchev–Trinajstić information content (AvgIpc) is 3.54. The number of cyclic esters (lactones) is 1. The molecule has 0 spiro atoms. The lowest BCUT2D eigenvalue weighted by molar-refractivity contribution is 0.141. The van der Waals surface area contributed by atoms with E-state index in [0.29, 0.717) is 13.0 Å². The molecule has 1 aromatic heterocycles. The maximum atomic E-state index is 12.8. The fraction of sp³-hybridized carbons (Fsp3) is 0.267. The molecular weight excluding hydrogens is 512 g/mol. The zero-order chi connectivity index (χ0) is 26.7. The normalized spacial score (nSPS) is 15.5. The summed E-state index contributed by atoms with van der Waals surface area (Å²) < 4.78 is 9.25. The van der Waals surface area contributed by atoms with E-state index in [1.54, 1.807) is 28.2 Å². The van der Waals surface area contributed by atoms with Gasteiger partial charge in [0.25, 0.3) is 0 Å². The first kappa shape index (κ1) is 26.3. The van der Waals surface area contributed by atoms with Gasteiger partial charge in [0.05, 0.1) is 11.4 Å². The maximum absolute atomic E-state index is 12.8. The van der Waals surface area contributed by atoms with Crippen molar-refractivity contribution in [2.24, 2.45) is 0 Å². The molecule has 1 amide bonds. The second kappa shape index (κ2) is 11.2. The number of rotatable bonds is 8. The SMILES string of the molecule is CNc1ccc(-c2ncc(-c3ccc(N4CC(Cc5ccccc5)OC4=O)cc3SNC(C)(C)C)s2)cc1. The number of carbonyl (C=O) groups excluding carboxylic acids is 1. The molecule has 1 atom stereocenters. The highest BCUT2D eigenvalue weighted by Crippen LogP contribution is 2.40. The highest BCUT2D eigenvalue weighted by atomic mass is 32.2. The summed E-state index contributed by atoms with van der Waals surface area (Å²) in [6, 6.07) is 24.6. The molecule has 1 fully saturated rings. The lowest BCUT2D eigenvalue weighted by Crippen LogP contribution is -2.30. The van der Waals surface area contributed by atoms with Gasteiger partial charge < -0.3 is 10.1 Å². The Hall–Kier alpha value is -3.33. The number of hydrogen-bond donors (Lipinski definition) is 2. The second-order valence-electron chi connectivity index (χ2n) is 10.3. The molecule has 5 rings (SSSR count). The second-order valence-corrected chi connectivity index (χ2v) is 12.2. The van der Waals surface area contributed by atoms with Gasteiger partial charge in [-0.3, -0.25) is 9.62 Å². The highest BCUT2D eigenvalue weighted by Gasteiger charge is 2.33. The summed E-state index contributed by atoms with van der Waals surface area (Å²) in [5.41, 5.74) is 5.15. The van der Waals surface area contributed by atoms with E-state index in [0.717, 1.165) is 42.8 Å². The number of amides is 1. The van der Waals surface area contributed by atoms with Crippen LogP contribution in [-0.4, -0.2) is 36.3 Å². The predicted molar refractivity (Wildman–Crippen MR) is 159 cm³/mol. The number of nitrogens with one attached hydrogen (secondary N) is 2. The zero-order valence-corrected chi connectivity index (χ0v) is 23.7. The molecular formula is C30H32N4O2S2. The van der Waals surface area contributed by atoms with Crippen molar-refractivity contribution in [3.8, 4) is 21.0 Å². The molecule has 8 heteroatoms. The molecule has 6 nitrogen and oxygen atoms in total. The summed E-state index contributed by atoms with van der Waals surface area (Å²) in [5, 5.41) is 4.12. The van der Waals surface area contributed by atoms with Crippen LogP contribution in [0.4, 0.5) is 16.2 Å². The summed E-state index contributed by atoms with van der Waals surface area (Å²) in [4.78, 5) is 21.4. The standard InChI is InChI=1S/C30H32N4O2S2/c1-30(2,3)33-38-26-17-23(34-19-24(36-29(34)35)16-20-8-6-5-7-9-20)14-15-25(26)27-18-32-28(37-27)21-10-12-22(31-4)13-11-21/h5-15,17-18,24,31,33H,16,19H2,1-4H3. The van der Waals surface area contributed by atoms with Gasteiger partial charge in [-0.25, -0.2) is 9.78 Å². The molecule has 1 saturated heterocycles. The molecule has 2 N–H and O–H groups in total. The van der Waals surface area contributed by atoms with Crippen LogP contribution in [0.3, 0.4) is 0 Å². The summed E-state index contributed by atoms with van der Waals surface area (Å²) >= 11 is 3.24. The number of anilines is 2. The molecule has 1 aliphatic heterocycles. The van der Waals surface area contributed by atoms with Crippen molar-refractivity contribution in [2.45, 2.75) is 43.7 Å². The molecule has 1 aliphatic rings. The Kier molecular flexibility index (Phi) is 7.74. The van der Waals surface area contributed by atoms with Gasteiger partial charge in [0.1, 0.15) is 11.1 Å². The molecule has 0 radical (unpaired) electrons. The van der Waals surface area contributed by atoms with E-state index in [1.165, 1.54) is 0 Å². The van der Waals surface area contributed by atoms with Crippen molar-refractivity contribution < 1.29 is 9.53 Å². The van der Waals surface area contributed by atoms with E-state index < -0.39 is 0 Å². The van der Waals surface area contributed by atoms with Crippen LogP contribution in [0, 0.1) is 0 Å². The Bertz CT molecular complexity index is 1400. The third-order valence-electron chi connectivity index (χ3n) is 6.12. The number of aromatic nitrogens is 1. The number of benzene rings is 3. The van der Waals surface area contributed by atoms with Gasteiger partial charge in [0.2, 0.25) is 0 Å².